The molecule has 1 saturated heterocycles. The first-order valence-electron chi connectivity index (χ1n) is 9.05. The summed E-state index contributed by atoms with van der Waals surface area (Å²) < 4.78 is 16.7. The summed E-state index contributed by atoms with van der Waals surface area (Å²) in [4.78, 5) is 28.0. The average Bonchev–Trinajstić information content (AvgIpc) is 2.90. The number of carbonyl (C=O) groups is 2. The highest BCUT2D eigenvalue weighted by Gasteiger charge is 2.52. The monoisotopic (exact) mass is 416 g/mol. The summed E-state index contributed by atoms with van der Waals surface area (Å²) in [6.07, 6.45) is 1.28. The Bertz CT molecular complexity index is 930. The fourth-order valence-electron chi connectivity index (χ4n) is 2.75. The van der Waals surface area contributed by atoms with Crippen LogP contribution in [0.1, 0.15) is 48.5 Å². The van der Waals surface area contributed by atoms with Crippen LogP contribution in [0, 0.1) is 0 Å². The third kappa shape index (κ3) is 4.15. The molecule has 3 rings (SSSR count). The molecule has 152 valence electrons. The smallest absolute Gasteiger partial charge is 0.465 e. The Morgan fingerprint density at radius 2 is 1.76 bits per heavy atom. The van der Waals surface area contributed by atoms with E-state index in [1.54, 1.807) is 18.2 Å². The summed E-state index contributed by atoms with van der Waals surface area (Å²) in [6, 6.07) is 8.14. The second-order valence-corrected chi connectivity index (χ2v) is 8.05. The zero-order chi connectivity index (χ0) is 21.4. The Morgan fingerprint density at radius 3 is 2.31 bits per heavy atom. The summed E-state index contributed by atoms with van der Waals surface area (Å²) in [5.41, 5.74) is 0.399. The quantitative estimate of drug-likeness (QED) is 0.609. The Balaban J connectivity index is 1.80. The van der Waals surface area contributed by atoms with Gasteiger partial charge in [0.25, 0.3) is 5.91 Å². The highest BCUT2D eigenvalue weighted by Crippen LogP contribution is 2.37. The van der Waals surface area contributed by atoms with Crippen LogP contribution >= 0.6 is 11.6 Å². The zero-order valence-corrected chi connectivity index (χ0v) is 17.7. The first kappa shape index (κ1) is 21.3. The Kier molecular flexibility index (Phi) is 5.71. The number of halogens is 1. The van der Waals surface area contributed by atoms with Crippen molar-refractivity contribution in [3.8, 4) is 0 Å². The summed E-state index contributed by atoms with van der Waals surface area (Å²) in [7, 11) is 0.625. The SMILES string of the molecule is COC(=O)c1ccc(C(=O)Nc2cccc(B3OC(C)(C)C(C)(C)O3)c2Cl)nc1. The fourth-order valence-corrected chi connectivity index (χ4v) is 3.01. The van der Waals surface area contributed by atoms with E-state index in [1.165, 1.54) is 25.4 Å². The number of rotatable bonds is 4. The molecular weight excluding hydrogens is 394 g/mol. The van der Waals surface area contributed by atoms with Crippen LogP contribution in [0.25, 0.3) is 0 Å². The van der Waals surface area contributed by atoms with Crippen molar-refractivity contribution in [3.05, 3.63) is 52.8 Å². The molecule has 0 saturated carbocycles. The number of hydrogen-bond acceptors (Lipinski definition) is 6. The molecule has 1 fully saturated rings. The maximum absolute atomic E-state index is 12.5. The first-order valence-corrected chi connectivity index (χ1v) is 9.43. The Labute approximate surface area is 174 Å². The van der Waals surface area contributed by atoms with Gasteiger partial charge in [-0.3, -0.25) is 9.78 Å². The molecule has 1 aromatic carbocycles. The van der Waals surface area contributed by atoms with Crippen molar-refractivity contribution in [3.63, 3.8) is 0 Å². The third-order valence-corrected chi connectivity index (χ3v) is 5.62. The number of esters is 1. The van der Waals surface area contributed by atoms with Crippen molar-refractivity contribution in [2.45, 2.75) is 38.9 Å². The molecule has 1 amide bonds. The lowest BCUT2D eigenvalue weighted by Gasteiger charge is -2.32. The topological polar surface area (TPSA) is 86.8 Å². The van der Waals surface area contributed by atoms with Gasteiger partial charge in [-0.15, -0.1) is 0 Å². The van der Waals surface area contributed by atoms with E-state index in [2.05, 4.69) is 15.0 Å². The minimum atomic E-state index is -0.651. The molecule has 0 aliphatic carbocycles. The molecule has 0 unspecified atom stereocenters. The van der Waals surface area contributed by atoms with Gasteiger partial charge < -0.3 is 19.4 Å². The second kappa shape index (κ2) is 7.78. The molecule has 7 nitrogen and oxygen atoms in total. The van der Waals surface area contributed by atoms with Gasteiger partial charge in [0.15, 0.2) is 0 Å². The van der Waals surface area contributed by atoms with Crippen LogP contribution in [-0.2, 0) is 14.0 Å². The van der Waals surface area contributed by atoms with Crippen LogP contribution in [0.3, 0.4) is 0 Å². The van der Waals surface area contributed by atoms with Gasteiger partial charge in [0, 0.05) is 11.7 Å². The minimum Gasteiger partial charge on any atom is -0.465 e. The number of nitrogens with zero attached hydrogens (tertiary/aromatic N) is 1. The molecule has 0 spiro atoms. The van der Waals surface area contributed by atoms with Gasteiger partial charge in [-0.2, -0.15) is 0 Å². The van der Waals surface area contributed by atoms with E-state index in [1.807, 2.05) is 27.7 Å². The van der Waals surface area contributed by atoms with Crippen LogP contribution in [0.2, 0.25) is 5.02 Å². The number of benzene rings is 1. The molecular formula is C20H22BClN2O5. The zero-order valence-electron chi connectivity index (χ0n) is 16.9. The molecule has 1 aromatic heterocycles. The molecule has 0 radical (unpaired) electrons. The molecule has 2 aromatic rings. The largest absolute Gasteiger partial charge is 0.496 e. The number of anilines is 1. The van der Waals surface area contributed by atoms with Gasteiger partial charge in [0.05, 0.1) is 34.6 Å². The fraction of sp³-hybridized carbons (Fsp3) is 0.350. The normalized spacial score (nSPS) is 17.1. The van der Waals surface area contributed by atoms with Gasteiger partial charge in [0.2, 0.25) is 0 Å². The number of hydrogen-bond donors (Lipinski definition) is 1. The highest BCUT2D eigenvalue weighted by molar-refractivity contribution is 6.66. The maximum atomic E-state index is 12.5. The lowest BCUT2D eigenvalue weighted by Crippen LogP contribution is -2.41. The van der Waals surface area contributed by atoms with Crippen molar-refractivity contribution < 1.29 is 23.6 Å². The third-order valence-electron chi connectivity index (χ3n) is 5.20. The number of amides is 1. The van der Waals surface area contributed by atoms with Crippen molar-refractivity contribution in [1.29, 1.82) is 0 Å². The molecule has 1 aliphatic heterocycles. The Hall–Kier alpha value is -2.42. The van der Waals surface area contributed by atoms with Crippen LogP contribution in [0.15, 0.2) is 36.5 Å². The van der Waals surface area contributed by atoms with Gasteiger partial charge in [0.1, 0.15) is 5.69 Å². The van der Waals surface area contributed by atoms with Crippen LogP contribution < -0.4 is 10.8 Å². The van der Waals surface area contributed by atoms with E-state index in [0.717, 1.165) is 0 Å². The number of ether oxygens (including phenoxy) is 1. The van der Waals surface area contributed by atoms with Gasteiger partial charge >= 0.3 is 13.1 Å². The second-order valence-electron chi connectivity index (χ2n) is 7.67. The number of nitrogens with one attached hydrogen (secondary N) is 1. The number of aromatic nitrogens is 1. The van der Waals surface area contributed by atoms with E-state index >= 15 is 0 Å². The molecule has 0 atom stereocenters. The standard InChI is InChI=1S/C20H22BClN2O5/c1-19(2)20(3,4)29-21(28-19)13-7-6-8-14(16(13)22)24-17(25)15-10-9-12(11-23-15)18(26)27-5/h6-11H,1-5H3,(H,24,25). The van der Waals surface area contributed by atoms with Crippen molar-refractivity contribution >= 4 is 41.7 Å². The van der Waals surface area contributed by atoms with E-state index < -0.39 is 30.2 Å². The maximum Gasteiger partial charge on any atom is 0.496 e. The van der Waals surface area contributed by atoms with E-state index in [9.17, 15) is 9.59 Å². The van der Waals surface area contributed by atoms with Crippen molar-refractivity contribution in [2.24, 2.45) is 0 Å². The van der Waals surface area contributed by atoms with E-state index in [4.69, 9.17) is 20.9 Å². The van der Waals surface area contributed by atoms with Gasteiger partial charge in [-0.1, -0.05) is 23.7 Å². The summed E-state index contributed by atoms with van der Waals surface area (Å²) in [6.45, 7) is 7.82. The molecule has 1 aliphatic rings. The number of methoxy groups -OCH3 is 1. The predicted molar refractivity (Wildman–Crippen MR) is 111 cm³/mol. The van der Waals surface area contributed by atoms with Crippen LogP contribution in [0.5, 0.6) is 0 Å². The average molecular weight is 417 g/mol. The lowest BCUT2D eigenvalue weighted by atomic mass is 9.79. The van der Waals surface area contributed by atoms with Crippen LogP contribution in [0.4, 0.5) is 5.69 Å². The van der Waals surface area contributed by atoms with E-state index in [-0.39, 0.29) is 11.3 Å². The lowest BCUT2D eigenvalue weighted by molar-refractivity contribution is 0.00578. The molecule has 1 N–H and O–H groups in total. The Morgan fingerprint density at radius 1 is 1.10 bits per heavy atom. The molecule has 29 heavy (non-hydrogen) atoms. The first-order chi connectivity index (χ1) is 13.6. The number of carbonyl (C=O) groups excluding carboxylic acids is 2. The van der Waals surface area contributed by atoms with Gasteiger partial charge in [-0.25, -0.2) is 4.79 Å². The molecule has 9 heteroatoms. The minimum absolute atomic E-state index is 0.134. The van der Waals surface area contributed by atoms with Crippen molar-refractivity contribution in [1.82, 2.24) is 4.98 Å². The summed E-state index contributed by atoms with van der Waals surface area (Å²) >= 11 is 6.54. The summed E-state index contributed by atoms with van der Waals surface area (Å²) in [5.74, 6) is -0.989. The van der Waals surface area contributed by atoms with Gasteiger partial charge in [-0.05, 0) is 45.9 Å². The molecule has 2 heterocycles. The highest BCUT2D eigenvalue weighted by atomic mass is 35.5. The number of pyridine rings is 1. The van der Waals surface area contributed by atoms with E-state index in [0.29, 0.717) is 16.2 Å². The van der Waals surface area contributed by atoms with Crippen LogP contribution in [-0.4, -0.2) is 42.3 Å². The molecule has 0 bridgehead atoms. The predicted octanol–water partition coefficient (Wildman–Crippen LogP) is 3.07. The summed E-state index contributed by atoms with van der Waals surface area (Å²) in [5, 5.41) is 3.06. The van der Waals surface area contributed by atoms with Crippen molar-refractivity contribution in [2.75, 3.05) is 12.4 Å².